The van der Waals surface area contributed by atoms with Crippen molar-refractivity contribution >= 4 is 46.6 Å². The molecule has 0 aliphatic rings. The van der Waals surface area contributed by atoms with E-state index in [0.717, 1.165) is 24.0 Å². The summed E-state index contributed by atoms with van der Waals surface area (Å²) in [7, 11) is 0. The fraction of sp³-hybridized carbons (Fsp3) is 0.333. The van der Waals surface area contributed by atoms with Crippen molar-refractivity contribution in [3.63, 3.8) is 0 Å². The van der Waals surface area contributed by atoms with Gasteiger partial charge in [0.25, 0.3) is 0 Å². The Bertz CT molecular complexity index is 1170. The van der Waals surface area contributed by atoms with Crippen molar-refractivity contribution < 1.29 is 14.3 Å². The highest BCUT2D eigenvalue weighted by Crippen LogP contribution is 2.25. The van der Waals surface area contributed by atoms with Crippen LogP contribution in [0.1, 0.15) is 43.7 Å². The number of nitrogens with zero attached hydrogens (tertiary/aromatic N) is 1. The van der Waals surface area contributed by atoms with Crippen LogP contribution >= 0.6 is 34.8 Å². The molecule has 3 aromatic rings. The van der Waals surface area contributed by atoms with E-state index in [9.17, 15) is 9.59 Å². The molecule has 0 bridgehead atoms. The van der Waals surface area contributed by atoms with Gasteiger partial charge in [-0.3, -0.25) is 9.59 Å². The Morgan fingerprint density at radius 2 is 1.63 bits per heavy atom. The van der Waals surface area contributed by atoms with Crippen LogP contribution in [-0.2, 0) is 22.6 Å². The molecule has 202 valence electrons. The second-order valence-electron chi connectivity index (χ2n) is 9.03. The average molecular weight is 576 g/mol. The molecular formula is C30H33Cl3N2O3. The first-order chi connectivity index (χ1) is 18.4. The predicted octanol–water partition coefficient (Wildman–Crippen LogP) is 7.36. The van der Waals surface area contributed by atoms with Gasteiger partial charge in [-0.05, 0) is 60.4 Å². The summed E-state index contributed by atoms with van der Waals surface area (Å²) in [4.78, 5) is 28.7. The van der Waals surface area contributed by atoms with E-state index in [4.69, 9.17) is 39.5 Å². The number of unbranched alkanes of at least 4 members (excludes halogenated alkanes) is 1. The first kappa shape index (κ1) is 29.8. The molecule has 0 fully saturated rings. The highest BCUT2D eigenvalue weighted by molar-refractivity contribution is 6.42. The molecule has 1 atom stereocenters. The lowest BCUT2D eigenvalue weighted by Gasteiger charge is -2.32. The number of carbonyl (C=O) groups excluding carboxylic acids is 2. The number of halogens is 3. The fourth-order valence-electron chi connectivity index (χ4n) is 3.98. The zero-order chi connectivity index (χ0) is 27.3. The molecule has 3 aromatic carbocycles. The molecule has 0 unspecified atom stereocenters. The van der Waals surface area contributed by atoms with Crippen LogP contribution in [0.3, 0.4) is 0 Å². The van der Waals surface area contributed by atoms with Gasteiger partial charge >= 0.3 is 0 Å². The number of hydrogen-bond acceptors (Lipinski definition) is 3. The van der Waals surface area contributed by atoms with E-state index in [0.29, 0.717) is 46.8 Å². The van der Waals surface area contributed by atoms with E-state index in [2.05, 4.69) is 12.2 Å². The Balaban J connectivity index is 1.79. The van der Waals surface area contributed by atoms with Gasteiger partial charge in [-0.2, -0.15) is 0 Å². The molecule has 38 heavy (non-hydrogen) atoms. The minimum absolute atomic E-state index is 0.137. The predicted molar refractivity (Wildman–Crippen MR) is 155 cm³/mol. The number of benzene rings is 3. The topological polar surface area (TPSA) is 58.6 Å². The van der Waals surface area contributed by atoms with Crippen LogP contribution in [0.5, 0.6) is 5.75 Å². The van der Waals surface area contributed by atoms with Gasteiger partial charge in [-0.25, -0.2) is 0 Å². The summed E-state index contributed by atoms with van der Waals surface area (Å²) in [5.74, 6) is 0.377. The molecule has 0 saturated carbocycles. The number of amides is 2. The second-order valence-corrected chi connectivity index (χ2v) is 10.3. The van der Waals surface area contributed by atoms with Crippen molar-refractivity contribution in [1.82, 2.24) is 10.2 Å². The molecular weight excluding hydrogens is 543 g/mol. The monoisotopic (exact) mass is 574 g/mol. The lowest BCUT2D eigenvalue weighted by atomic mass is 10.0. The van der Waals surface area contributed by atoms with Crippen molar-refractivity contribution in [2.45, 2.75) is 51.6 Å². The zero-order valence-corrected chi connectivity index (χ0v) is 23.7. The first-order valence-electron chi connectivity index (χ1n) is 12.8. The van der Waals surface area contributed by atoms with E-state index in [1.165, 1.54) is 0 Å². The molecule has 0 spiro atoms. The molecule has 2 amide bonds. The number of hydrogen-bond donors (Lipinski definition) is 1. The second kappa shape index (κ2) is 15.6. The van der Waals surface area contributed by atoms with E-state index < -0.39 is 6.04 Å². The van der Waals surface area contributed by atoms with E-state index >= 15 is 0 Å². The minimum Gasteiger partial charge on any atom is -0.494 e. The van der Waals surface area contributed by atoms with Crippen LogP contribution in [0.25, 0.3) is 0 Å². The van der Waals surface area contributed by atoms with Crippen LogP contribution in [0.4, 0.5) is 0 Å². The Morgan fingerprint density at radius 3 is 2.32 bits per heavy atom. The summed E-state index contributed by atoms with van der Waals surface area (Å²) in [6.45, 7) is 3.22. The van der Waals surface area contributed by atoms with Crippen molar-refractivity contribution in [1.29, 1.82) is 0 Å². The quantitative estimate of drug-likeness (QED) is 0.204. The SMILES string of the molecule is CCCCNC(=O)[C@@H](Cc1ccccc1)N(Cc1ccc(Cl)c(Cl)c1)C(=O)CCCOc1ccc(Cl)cc1. The normalized spacial score (nSPS) is 11.6. The van der Waals surface area contributed by atoms with Gasteiger partial charge in [0.15, 0.2) is 0 Å². The van der Waals surface area contributed by atoms with Crippen LogP contribution in [0, 0.1) is 0 Å². The van der Waals surface area contributed by atoms with Crippen molar-refractivity contribution in [2.24, 2.45) is 0 Å². The third-order valence-corrected chi connectivity index (χ3v) is 7.05. The average Bonchev–Trinajstić information content (AvgIpc) is 2.92. The van der Waals surface area contributed by atoms with Crippen LogP contribution in [0.15, 0.2) is 72.8 Å². The molecule has 0 radical (unpaired) electrons. The molecule has 0 aliphatic carbocycles. The van der Waals surface area contributed by atoms with Gasteiger partial charge < -0.3 is 15.0 Å². The summed E-state index contributed by atoms with van der Waals surface area (Å²) in [5, 5.41) is 4.49. The number of ether oxygens (including phenoxy) is 1. The molecule has 8 heteroatoms. The van der Waals surface area contributed by atoms with Gasteiger partial charge in [0.2, 0.25) is 11.8 Å². The first-order valence-corrected chi connectivity index (χ1v) is 13.9. The minimum atomic E-state index is -0.687. The Hall–Kier alpha value is -2.73. The third kappa shape index (κ3) is 9.54. The van der Waals surface area contributed by atoms with Crippen LogP contribution in [0.2, 0.25) is 15.1 Å². The maximum absolute atomic E-state index is 13.6. The highest BCUT2D eigenvalue weighted by atomic mass is 35.5. The smallest absolute Gasteiger partial charge is 0.243 e. The molecule has 3 rings (SSSR count). The number of rotatable bonds is 14. The Morgan fingerprint density at radius 1 is 0.895 bits per heavy atom. The van der Waals surface area contributed by atoms with Crippen molar-refractivity contribution in [3.05, 3.63) is 99.0 Å². The van der Waals surface area contributed by atoms with Gasteiger partial charge in [0, 0.05) is 31.0 Å². The highest BCUT2D eigenvalue weighted by Gasteiger charge is 2.30. The standard InChI is InChI=1S/C30H33Cl3N2O3/c1-2-3-17-34-30(37)28(20-22-8-5-4-6-9-22)35(21-23-11-16-26(32)27(33)19-23)29(36)10-7-18-38-25-14-12-24(31)13-15-25/h4-6,8-9,11-16,19,28H,2-3,7,10,17-18,20-21H2,1H3,(H,34,37)/t28-/m1/s1. The third-order valence-electron chi connectivity index (χ3n) is 6.05. The Kier molecular flexibility index (Phi) is 12.3. The lowest BCUT2D eigenvalue weighted by molar-refractivity contribution is -0.141. The van der Waals surface area contributed by atoms with E-state index in [1.54, 1.807) is 41.3 Å². The molecule has 0 aliphatic heterocycles. The summed E-state index contributed by atoms with van der Waals surface area (Å²) in [6.07, 6.45) is 2.94. The Labute approximate surface area is 240 Å². The van der Waals surface area contributed by atoms with Crippen molar-refractivity contribution in [3.8, 4) is 5.75 Å². The fourth-order valence-corrected chi connectivity index (χ4v) is 4.43. The van der Waals surface area contributed by atoms with Crippen molar-refractivity contribution in [2.75, 3.05) is 13.2 Å². The van der Waals surface area contributed by atoms with Gasteiger partial charge in [0.1, 0.15) is 11.8 Å². The largest absolute Gasteiger partial charge is 0.494 e. The zero-order valence-electron chi connectivity index (χ0n) is 21.5. The van der Waals surface area contributed by atoms with Gasteiger partial charge in [0.05, 0.1) is 16.7 Å². The maximum atomic E-state index is 13.6. The maximum Gasteiger partial charge on any atom is 0.243 e. The van der Waals surface area contributed by atoms with Crippen LogP contribution in [-0.4, -0.2) is 35.9 Å². The van der Waals surface area contributed by atoms with E-state index in [-0.39, 0.29) is 24.8 Å². The molecule has 0 heterocycles. The molecule has 5 nitrogen and oxygen atoms in total. The summed E-state index contributed by atoms with van der Waals surface area (Å²) in [6, 6.07) is 21.4. The molecule has 0 saturated heterocycles. The van der Waals surface area contributed by atoms with E-state index in [1.807, 2.05) is 36.4 Å². The summed E-state index contributed by atoms with van der Waals surface area (Å²) in [5.41, 5.74) is 1.77. The lowest BCUT2D eigenvalue weighted by Crippen LogP contribution is -2.50. The molecule has 0 aromatic heterocycles. The van der Waals surface area contributed by atoms with Gasteiger partial charge in [-0.1, -0.05) is 84.5 Å². The number of carbonyl (C=O) groups is 2. The number of nitrogens with one attached hydrogen (secondary N) is 1. The molecule has 1 N–H and O–H groups in total. The summed E-state index contributed by atoms with van der Waals surface area (Å²) < 4.78 is 5.77. The van der Waals surface area contributed by atoms with Crippen LogP contribution < -0.4 is 10.1 Å². The summed E-state index contributed by atoms with van der Waals surface area (Å²) >= 11 is 18.3. The van der Waals surface area contributed by atoms with Gasteiger partial charge in [-0.15, -0.1) is 0 Å².